The minimum absolute atomic E-state index is 0.0650. The van der Waals surface area contributed by atoms with Crippen LogP contribution in [-0.2, 0) is 14.3 Å². The van der Waals surface area contributed by atoms with Crippen molar-refractivity contribution in [3.05, 3.63) is 0 Å². The summed E-state index contributed by atoms with van der Waals surface area (Å²) in [5, 5.41) is 8.89. The summed E-state index contributed by atoms with van der Waals surface area (Å²) in [6.45, 7) is 8.06. The third-order valence-corrected chi connectivity index (χ3v) is 3.71. The molecule has 1 amide bonds. The van der Waals surface area contributed by atoms with Gasteiger partial charge >= 0.3 is 5.97 Å². The molecular weight excluding hydrogens is 260 g/mol. The van der Waals surface area contributed by atoms with Crippen molar-refractivity contribution < 1.29 is 19.4 Å². The van der Waals surface area contributed by atoms with Gasteiger partial charge in [0.25, 0.3) is 0 Å². The quantitative estimate of drug-likeness (QED) is 0.715. The Bertz CT molecular complexity index is 318. The molecule has 1 rings (SSSR count). The highest BCUT2D eigenvalue weighted by Crippen LogP contribution is 2.12. The summed E-state index contributed by atoms with van der Waals surface area (Å²) in [6.07, 6.45) is 1.40. The van der Waals surface area contributed by atoms with Crippen molar-refractivity contribution in [3.63, 3.8) is 0 Å². The van der Waals surface area contributed by atoms with Gasteiger partial charge in [-0.3, -0.25) is 14.5 Å². The van der Waals surface area contributed by atoms with Crippen LogP contribution in [-0.4, -0.2) is 72.2 Å². The van der Waals surface area contributed by atoms with Gasteiger partial charge in [0.1, 0.15) is 0 Å². The third-order valence-electron chi connectivity index (χ3n) is 3.71. The molecule has 1 N–H and O–H groups in total. The number of carboxylic acids is 1. The van der Waals surface area contributed by atoms with E-state index in [4.69, 9.17) is 9.84 Å². The molecule has 1 saturated heterocycles. The van der Waals surface area contributed by atoms with Crippen molar-refractivity contribution in [2.45, 2.75) is 39.2 Å². The zero-order chi connectivity index (χ0) is 15.0. The average molecular weight is 286 g/mol. The number of rotatable bonds is 8. The van der Waals surface area contributed by atoms with E-state index in [-0.39, 0.29) is 18.4 Å². The fourth-order valence-electron chi connectivity index (χ4n) is 2.54. The Balaban J connectivity index is 2.34. The molecule has 1 heterocycles. The second-order valence-corrected chi connectivity index (χ2v) is 5.03. The first kappa shape index (κ1) is 16.9. The number of morpholine rings is 1. The molecular formula is C14H26N2O4. The van der Waals surface area contributed by atoms with E-state index < -0.39 is 5.97 Å². The first-order chi connectivity index (χ1) is 9.58. The van der Waals surface area contributed by atoms with E-state index in [1.165, 1.54) is 0 Å². The maximum atomic E-state index is 11.9. The zero-order valence-electron chi connectivity index (χ0n) is 12.5. The van der Waals surface area contributed by atoms with Gasteiger partial charge in [-0.25, -0.2) is 0 Å². The second-order valence-electron chi connectivity index (χ2n) is 5.03. The molecule has 20 heavy (non-hydrogen) atoms. The molecule has 1 aliphatic heterocycles. The minimum atomic E-state index is -0.801. The highest BCUT2D eigenvalue weighted by atomic mass is 16.5. The van der Waals surface area contributed by atoms with Gasteiger partial charge in [0, 0.05) is 32.1 Å². The molecule has 0 aromatic rings. The van der Waals surface area contributed by atoms with Crippen molar-refractivity contribution in [1.29, 1.82) is 0 Å². The predicted molar refractivity (Wildman–Crippen MR) is 75.6 cm³/mol. The van der Waals surface area contributed by atoms with Crippen LogP contribution in [0.1, 0.15) is 33.1 Å². The van der Waals surface area contributed by atoms with E-state index in [1.54, 1.807) is 0 Å². The Hall–Kier alpha value is -1.14. The van der Waals surface area contributed by atoms with Gasteiger partial charge in [0.15, 0.2) is 0 Å². The lowest BCUT2D eigenvalue weighted by atomic mass is 10.1. The average Bonchev–Trinajstić information content (AvgIpc) is 2.41. The molecule has 1 aliphatic rings. The number of hydrogen-bond acceptors (Lipinski definition) is 4. The fourth-order valence-corrected chi connectivity index (χ4v) is 2.54. The lowest BCUT2D eigenvalue weighted by Gasteiger charge is -2.34. The topological polar surface area (TPSA) is 70.1 Å². The second kappa shape index (κ2) is 8.92. The molecule has 0 radical (unpaired) electrons. The largest absolute Gasteiger partial charge is 0.481 e. The minimum Gasteiger partial charge on any atom is -0.481 e. The standard InChI is InChI=1S/C14H26N2O4/c1-3-15(4-2)13(17)6-5-7-16-8-9-20-11-12(16)10-14(18)19/h12H,3-11H2,1-2H3,(H,18,19). The Kier molecular flexibility index (Phi) is 7.54. The van der Waals surface area contributed by atoms with Crippen LogP contribution in [0.4, 0.5) is 0 Å². The molecule has 1 unspecified atom stereocenters. The number of ether oxygens (including phenoxy) is 1. The van der Waals surface area contributed by atoms with Gasteiger partial charge in [-0.2, -0.15) is 0 Å². The van der Waals surface area contributed by atoms with E-state index in [1.807, 2.05) is 18.7 Å². The van der Waals surface area contributed by atoms with Crippen molar-refractivity contribution >= 4 is 11.9 Å². The van der Waals surface area contributed by atoms with Crippen LogP contribution in [0.3, 0.4) is 0 Å². The SMILES string of the molecule is CCN(CC)C(=O)CCCN1CCOCC1CC(=O)O. The van der Waals surface area contributed by atoms with Gasteiger partial charge in [0.05, 0.1) is 19.6 Å². The predicted octanol–water partition coefficient (Wildman–Crippen LogP) is 0.810. The maximum absolute atomic E-state index is 11.9. The summed E-state index contributed by atoms with van der Waals surface area (Å²) in [5.74, 6) is -0.622. The number of amides is 1. The Morgan fingerprint density at radius 2 is 2.05 bits per heavy atom. The number of hydrogen-bond donors (Lipinski definition) is 1. The first-order valence-electron chi connectivity index (χ1n) is 7.39. The molecule has 6 heteroatoms. The molecule has 1 atom stereocenters. The van der Waals surface area contributed by atoms with Crippen LogP contribution < -0.4 is 0 Å². The maximum Gasteiger partial charge on any atom is 0.305 e. The summed E-state index contributed by atoms with van der Waals surface area (Å²) in [6, 6.07) is -0.0650. The molecule has 0 aromatic heterocycles. The van der Waals surface area contributed by atoms with Gasteiger partial charge in [-0.05, 0) is 26.8 Å². The molecule has 0 aliphatic carbocycles. The molecule has 116 valence electrons. The summed E-state index contributed by atoms with van der Waals surface area (Å²) >= 11 is 0. The third kappa shape index (κ3) is 5.46. The zero-order valence-corrected chi connectivity index (χ0v) is 12.5. The van der Waals surface area contributed by atoms with Crippen molar-refractivity contribution in [2.24, 2.45) is 0 Å². The molecule has 0 bridgehead atoms. The van der Waals surface area contributed by atoms with Crippen molar-refractivity contribution in [3.8, 4) is 0 Å². The normalized spacial score (nSPS) is 19.8. The summed E-state index contributed by atoms with van der Waals surface area (Å²) in [5.41, 5.74) is 0. The van der Waals surface area contributed by atoms with Crippen LogP contribution in [0.15, 0.2) is 0 Å². The van der Waals surface area contributed by atoms with Gasteiger partial charge in [0.2, 0.25) is 5.91 Å². The number of carboxylic acid groups (broad SMARTS) is 1. The first-order valence-corrected chi connectivity index (χ1v) is 7.39. The van der Waals surface area contributed by atoms with E-state index in [2.05, 4.69) is 4.90 Å². The highest BCUT2D eigenvalue weighted by molar-refractivity contribution is 5.76. The molecule has 0 aromatic carbocycles. The lowest BCUT2D eigenvalue weighted by Crippen LogP contribution is -2.47. The lowest BCUT2D eigenvalue weighted by molar-refractivity contribution is -0.140. The summed E-state index contributed by atoms with van der Waals surface area (Å²) in [4.78, 5) is 26.7. The molecule has 0 saturated carbocycles. The smallest absolute Gasteiger partial charge is 0.305 e. The Morgan fingerprint density at radius 1 is 1.35 bits per heavy atom. The molecule has 0 spiro atoms. The summed E-state index contributed by atoms with van der Waals surface area (Å²) < 4.78 is 5.33. The van der Waals surface area contributed by atoms with Crippen molar-refractivity contribution in [1.82, 2.24) is 9.80 Å². The number of carbonyl (C=O) groups is 2. The van der Waals surface area contributed by atoms with Gasteiger partial charge < -0.3 is 14.7 Å². The monoisotopic (exact) mass is 286 g/mol. The van der Waals surface area contributed by atoms with Crippen LogP contribution >= 0.6 is 0 Å². The van der Waals surface area contributed by atoms with Crippen molar-refractivity contribution in [2.75, 3.05) is 39.4 Å². The molecule has 1 fully saturated rings. The number of nitrogens with zero attached hydrogens (tertiary/aromatic N) is 2. The number of aliphatic carboxylic acids is 1. The fraction of sp³-hybridized carbons (Fsp3) is 0.857. The van der Waals surface area contributed by atoms with E-state index >= 15 is 0 Å². The van der Waals surface area contributed by atoms with E-state index in [9.17, 15) is 9.59 Å². The Morgan fingerprint density at radius 3 is 2.65 bits per heavy atom. The van der Waals surface area contributed by atoms with E-state index in [0.717, 1.165) is 32.6 Å². The van der Waals surface area contributed by atoms with Crippen LogP contribution in [0.25, 0.3) is 0 Å². The van der Waals surface area contributed by atoms with Crippen LogP contribution in [0.2, 0.25) is 0 Å². The summed E-state index contributed by atoms with van der Waals surface area (Å²) in [7, 11) is 0. The number of carbonyl (C=O) groups excluding carboxylic acids is 1. The van der Waals surface area contributed by atoms with Gasteiger partial charge in [-0.1, -0.05) is 0 Å². The van der Waals surface area contributed by atoms with Crippen LogP contribution in [0, 0.1) is 0 Å². The highest BCUT2D eigenvalue weighted by Gasteiger charge is 2.25. The van der Waals surface area contributed by atoms with Gasteiger partial charge in [-0.15, -0.1) is 0 Å². The molecule has 6 nitrogen and oxygen atoms in total. The van der Waals surface area contributed by atoms with E-state index in [0.29, 0.717) is 19.6 Å². The Labute approximate surface area is 120 Å². The van der Waals surface area contributed by atoms with Crippen LogP contribution in [0.5, 0.6) is 0 Å².